The third-order valence-corrected chi connectivity index (χ3v) is 3.02. The van der Waals surface area contributed by atoms with Crippen LogP contribution in [0.4, 0.5) is 4.39 Å². The summed E-state index contributed by atoms with van der Waals surface area (Å²) in [5.41, 5.74) is -1.44. The summed E-state index contributed by atoms with van der Waals surface area (Å²) in [7, 11) is 1.31. The van der Waals surface area contributed by atoms with E-state index in [0.29, 0.717) is 0 Å². The molecule has 110 valence electrons. The third kappa shape index (κ3) is 3.19. The maximum atomic E-state index is 13.5. The summed E-state index contributed by atoms with van der Waals surface area (Å²) in [6.07, 6.45) is 1.06. The van der Waals surface area contributed by atoms with Crippen LogP contribution in [0.15, 0.2) is 34.0 Å². The number of halogens is 2. The molecule has 2 rings (SSSR count). The zero-order chi connectivity index (χ0) is 15.6. The van der Waals surface area contributed by atoms with Gasteiger partial charge in [-0.25, -0.2) is 9.18 Å². The summed E-state index contributed by atoms with van der Waals surface area (Å²) in [4.78, 5) is 36.6. The van der Waals surface area contributed by atoms with Gasteiger partial charge in [0.05, 0.1) is 13.7 Å². The summed E-state index contributed by atoms with van der Waals surface area (Å²) < 4.78 is 19.2. The normalized spacial score (nSPS) is 10.4. The van der Waals surface area contributed by atoms with E-state index in [1.54, 1.807) is 0 Å². The zero-order valence-electron chi connectivity index (χ0n) is 10.9. The Morgan fingerprint density at radius 1 is 1.43 bits per heavy atom. The lowest BCUT2D eigenvalue weighted by atomic mass is 10.1. The van der Waals surface area contributed by atoms with Crippen LogP contribution in [-0.2, 0) is 6.54 Å². The maximum Gasteiger partial charge on any atom is 0.328 e. The molecule has 1 aromatic carbocycles. The van der Waals surface area contributed by atoms with E-state index in [9.17, 15) is 18.8 Å². The van der Waals surface area contributed by atoms with Crippen molar-refractivity contribution in [1.82, 2.24) is 9.55 Å². The van der Waals surface area contributed by atoms with Crippen LogP contribution in [0.1, 0.15) is 10.4 Å². The lowest BCUT2D eigenvalue weighted by Crippen LogP contribution is -2.31. The van der Waals surface area contributed by atoms with E-state index in [-0.39, 0.29) is 22.9 Å². The highest BCUT2D eigenvalue weighted by atomic mass is 35.5. The first-order valence-corrected chi connectivity index (χ1v) is 6.16. The number of ketones is 1. The van der Waals surface area contributed by atoms with Crippen LogP contribution < -0.4 is 16.0 Å². The van der Waals surface area contributed by atoms with E-state index in [0.717, 1.165) is 16.8 Å². The number of methoxy groups -OCH3 is 1. The van der Waals surface area contributed by atoms with Crippen LogP contribution in [0.25, 0.3) is 0 Å². The Balaban J connectivity index is 2.30. The lowest BCUT2D eigenvalue weighted by molar-refractivity contribution is 0.0969. The molecular formula is C13H10ClFN2O4. The highest BCUT2D eigenvalue weighted by molar-refractivity contribution is 6.30. The van der Waals surface area contributed by atoms with E-state index < -0.39 is 22.8 Å². The van der Waals surface area contributed by atoms with Crippen LogP contribution in [0, 0.1) is 5.82 Å². The number of Topliss-reactive ketones (excluding diaryl/α,β-unsaturated/α-hetero) is 1. The first-order chi connectivity index (χ1) is 9.92. The Labute approximate surface area is 122 Å². The molecule has 0 saturated carbocycles. The van der Waals surface area contributed by atoms with Gasteiger partial charge in [-0.3, -0.25) is 19.1 Å². The number of H-pyrrole nitrogens is 1. The number of nitrogens with zero attached hydrogens (tertiary/aromatic N) is 1. The second kappa shape index (κ2) is 5.92. The molecule has 21 heavy (non-hydrogen) atoms. The molecule has 0 aliphatic heterocycles. The number of ether oxygens (including phenoxy) is 1. The van der Waals surface area contributed by atoms with E-state index in [2.05, 4.69) is 0 Å². The summed E-state index contributed by atoms with van der Waals surface area (Å²) in [5, 5.41) is -0.219. The topological polar surface area (TPSA) is 81.2 Å². The number of carbonyl (C=O) groups excluding carboxylic acids is 1. The molecule has 8 heteroatoms. The van der Waals surface area contributed by atoms with Gasteiger partial charge in [-0.1, -0.05) is 11.6 Å². The number of hydrogen-bond acceptors (Lipinski definition) is 4. The van der Waals surface area contributed by atoms with E-state index in [1.807, 2.05) is 4.98 Å². The Morgan fingerprint density at radius 3 is 2.76 bits per heavy atom. The van der Waals surface area contributed by atoms with Gasteiger partial charge in [-0.05, 0) is 18.2 Å². The average molecular weight is 313 g/mol. The smallest absolute Gasteiger partial charge is 0.328 e. The number of carbonyl (C=O) groups is 1. The van der Waals surface area contributed by atoms with Gasteiger partial charge in [-0.15, -0.1) is 0 Å². The minimum Gasteiger partial charge on any atom is -0.494 e. The lowest BCUT2D eigenvalue weighted by Gasteiger charge is -2.06. The molecule has 0 aliphatic rings. The Bertz CT molecular complexity index is 813. The standard InChI is InChI=1S/C13H10ClFN2O4/c1-21-11-3-2-7(4-9(11)15)10(18)6-17-5-8(14)12(19)16-13(17)20/h2-5H,6H2,1H3,(H,16,19,20). The molecule has 0 atom stereocenters. The van der Waals surface area contributed by atoms with Gasteiger partial charge in [0, 0.05) is 11.8 Å². The first kappa shape index (κ1) is 15.0. The fourth-order valence-corrected chi connectivity index (χ4v) is 1.85. The monoisotopic (exact) mass is 312 g/mol. The van der Waals surface area contributed by atoms with Crippen LogP contribution >= 0.6 is 11.6 Å². The fraction of sp³-hybridized carbons (Fsp3) is 0.154. The van der Waals surface area contributed by atoms with Crippen molar-refractivity contribution < 1.29 is 13.9 Å². The largest absolute Gasteiger partial charge is 0.494 e. The second-order valence-corrected chi connectivity index (χ2v) is 4.54. The molecule has 1 N–H and O–H groups in total. The Morgan fingerprint density at radius 2 is 2.14 bits per heavy atom. The average Bonchev–Trinajstić information content (AvgIpc) is 2.44. The number of aromatic nitrogens is 2. The molecule has 0 unspecified atom stereocenters. The van der Waals surface area contributed by atoms with Gasteiger partial charge < -0.3 is 4.74 Å². The van der Waals surface area contributed by atoms with Crippen molar-refractivity contribution in [1.29, 1.82) is 0 Å². The minimum absolute atomic E-state index is 0.0100. The second-order valence-electron chi connectivity index (χ2n) is 4.14. The highest BCUT2D eigenvalue weighted by Gasteiger charge is 2.12. The maximum absolute atomic E-state index is 13.5. The van der Waals surface area contributed by atoms with Gasteiger partial charge in [0.1, 0.15) is 5.02 Å². The van der Waals surface area contributed by atoms with Crippen molar-refractivity contribution in [2.45, 2.75) is 6.54 Å². The number of aromatic amines is 1. The fourth-order valence-electron chi connectivity index (χ4n) is 1.69. The van der Waals surface area contributed by atoms with E-state index in [1.165, 1.54) is 19.2 Å². The number of hydrogen-bond donors (Lipinski definition) is 1. The predicted molar refractivity (Wildman–Crippen MR) is 73.6 cm³/mol. The summed E-state index contributed by atoms with van der Waals surface area (Å²) in [6, 6.07) is 3.70. The molecule has 0 spiro atoms. The molecule has 0 radical (unpaired) electrons. The molecule has 0 fully saturated rings. The van der Waals surface area contributed by atoms with E-state index in [4.69, 9.17) is 16.3 Å². The van der Waals surface area contributed by atoms with Gasteiger partial charge in [0.2, 0.25) is 0 Å². The predicted octanol–water partition coefficient (Wildman–Crippen LogP) is 1.22. The summed E-state index contributed by atoms with van der Waals surface area (Å²) >= 11 is 5.59. The SMILES string of the molecule is COc1ccc(C(=O)Cn2cc(Cl)c(=O)[nH]c2=O)cc1F. The number of rotatable bonds is 4. The number of benzene rings is 1. The van der Waals surface area contributed by atoms with Gasteiger partial charge in [0.25, 0.3) is 5.56 Å². The minimum atomic E-state index is -0.772. The van der Waals surface area contributed by atoms with Crippen molar-refractivity contribution in [2.75, 3.05) is 7.11 Å². The quantitative estimate of drug-likeness (QED) is 0.861. The van der Waals surface area contributed by atoms with Crippen molar-refractivity contribution in [2.24, 2.45) is 0 Å². The van der Waals surface area contributed by atoms with Crippen LogP contribution in [0.2, 0.25) is 5.02 Å². The Hall–Kier alpha value is -2.41. The third-order valence-electron chi connectivity index (χ3n) is 2.76. The molecule has 0 aliphatic carbocycles. The molecule has 0 saturated heterocycles. The number of nitrogens with one attached hydrogen (secondary N) is 1. The van der Waals surface area contributed by atoms with Crippen molar-refractivity contribution in [3.8, 4) is 5.75 Å². The van der Waals surface area contributed by atoms with E-state index >= 15 is 0 Å². The van der Waals surface area contributed by atoms with Gasteiger partial charge in [-0.2, -0.15) is 0 Å². The Kier molecular flexibility index (Phi) is 4.23. The van der Waals surface area contributed by atoms with Crippen LogP contribution in [0.5, 0.6) is 5.75 Å². The van der Waals surface area contributed by atoms with Gasteiger partial charge >= 0.3 is 5.69 Å². The van der Waals surface area contributed by atoms with Crippen molar-refractivity contribution in [3.05, 3.63) is 61.6 Å². The molecule has 1 aromatic heterocycles. The van der Waals surface area contributed by atoms with Crippen molar-refractivity contribution in [3.63, 3.8) is 0 Å². The van der Waals surface area contributed by atoms with Crippen LogP contribution in [0.3, 0.4) is 0 Å². The molecule has 2 aromatic rings. The van der Waals surface area contributed by atoms with Crippen LogP contribution in [-0.4, -0.2) is 22.4 Å². The first-order valence-electron chi connectivity index (χ1n) is 5.78. The van der Waals surface area contributed by atoms with Crippen molar-refractivity contribution >= 4 is 17.4 Å². The molecule has 0 amide bonds. The highest BCUT2D eigenvalue weighted by Crippen LogP contribution is 2.18. The molecule has 0 bridgehead atoms. The van der Waals surface area contributed by atoms with Gasteiger partial charge in [0.15, 0.2) is 17.3 Å². The molecule has 6 nitrogen and oxygen atoms in total. The zero-order valence-corrected chi connectivity index (χ0v) is 11.6. The summed E-state index contributed by atoms with van der Waals surface area (Å²) in [6.45, 7) is -0.374. The summed E-state index contributed by atoms with van der Waals surface area (Å²) in [5.74, 6) is -1.19. The molecule has 1 heterocycles. The molecular weight excluding hydrogens is 303 g/mol.